The number of ether oxygens (including phenoxy) is 2. The molecule has 9 heteroatoms. The number of hydrogen-bond donors (Lipinski definition) is 1. The second-order valence-corrected chi connectivity index (χ2v) is 11.4. The van der Waals surface area contributed by atoms with Crippen LogP contribution < -0.4 is 4.90 Å². The third kappa shape index (κ3) is 4.16. The van der Waals surface area contributed by atoms with Crippen LogP contribution in [0.4, 0.5) is 5.69 Å². The van der Waals surface area contributed by atoms with Crippen molar-refractivity contribution in [1.29, 1.82) is 0 Å². The molecular weight excluding hydrogens is 508 g/mol. The Morgan fingerprint density at radius 1 is 1.37 bits per heavy atom. The summed E-state index contributed by atoms with van der Waals surface area (Å²) in [6.45, 7) is 13.2. The molecule has 3 aliphatic rings. The number of carbonyl (C=O) groups is 3. The highest BCUT2D eigenvalue weighted by Crippen LogP contribution is 2.64. The van der Waals surface area contributed by atoms with E-state index in [-0.39, 0.29) is 37.5 Å². The second-order valence-electron chi connectivity index (χ2n) is 11.0. The molecule has 1 aromatic rings. The van der Waals surface area contributed by atoms with Crippen molar-refractivity contribution >= 4 is 35.1 Å². The maximum absolute atomic E-state index is 14.7. The average Bonchev–Trinajstić information content (AvgIpc) is 3.44. The van der Waals surface area contributed by atoms with Gasteiger partial charge in [0.2, 0.25) is 5.91 Å². The Balaban J connectivity index is 1.90. The molecule has 8 nitrogen and oxygen atoms in total. The van der Waals surface area contributed by atoms with Crippen LogP contribution in [0, 0.1) is 24.7 Å². The normalized spacial score (nSPS) is 31.2. The Bertz CT molecular complexity index is 1110. The largest absolute Gasteiger partial charge is 0.466 e. The molecule has 2 unspecified atom stereocenters. The van der Waals surface area contributed by atoms with Gasteiger partial charge in [0, 0.05) is 6.54 Å². The number of aliphatic hydroxyl groups is 1. The first kappa shape index (κ1) is 28.6. The van der Waals surface area contributed by atoms with Crippen molar-refractivity contribution in [2.75, 3.05) is 24.7 Å². The van der Waals surface area contributed by atoms with Crippen molar-refractivity contribution in [2.45, 2.75) is 77.2 Å². The summed E-state index contributed by atoms with van der Waals surface area (Å²) in [5, 5.41) is 10.9. The number of amides is 2. The monoisotopic (exact) mass is 546 g/mol. The molecule has 1 aromatic carbocycles. The predicted octanol–water partition coefficient (Wildman–Crippen LogP) is 3.90. The van der Waals surface area contributed by atoms with E-state index >= 15 is 0 Å². The lowest BCUT2D eigenvalue weighted by Crippen LogP contribution is -2.60. The lowest BCUT2D eigenvalue weighted by Gasteiger charge is -2.41. The number of hydrogen-bond acceptors (Lipinski definition) is 6. The van der Waals surface area contributed by atoms with Crippen molar-refractivity contribution in [3.8, 4) is 0 Å². The van der Waals surface area contributed by atoms with Crippen LogP contribution >= 0.6 is 11.6 Å². The Morgan fingerprint density at radius 3 is 2.66 bits per heavy atom. The van der Waals surface area contributed by atoms with Crippen molar-refractivity contribution in [1.82, 2.24) is 4.90 Å². The molecule has 3 saturated heterocycles. The first-order valence-electron chi connectivity index (χ1n) is 13.5. The van der Waals surface area contributed by atoms with Gasteiger partial charge >= 0.3 is 5.97 Å². The van der Waals surface area contributed by atoms with Gasteiger partial charge in [0.25, 0.3) is 5.91 Å². The van der Waals surface area contributed by atoms with Gasteiger partial charge in [-0.25, -0.2) is 0 Å². The number of halogens is 1. The first-order chi connectivity index (χ1) is 18.0. The average molecular weight is 547 g/mol. The van der Waals surface area contributed by atoms with Gasteiger partial charge in [0.15, 0.2) is 0 Å². The summed E-state index contributed by atoms with van der Waals surface area (Å²) < 4.78 is 12.1. The van der Waals surface area contributed by atoms with Crippen LogP contribution in [-0.2, 0) is 23.9 Å². The third-order valence-corrected chi connectivity index (χ3v) is 9.18. The van der Waals surface area contributed by atoms with Crippen LogP contribution in [0.1, 0.15) is 52.5 Å². The van der Waals surface area contributed by atoms with Gasteiger partial charge in [-0.05, 0) is 51.2 Å². The van der Waals surface area contributed by atoms with Crippen LogP contribution in [0.25, 0.3) is 0 Å². The highest BCUT2D eigenvalue weighted by molar-refractivity contribution is 6.34. The van der Waals surface area contributed by atoms with Crippen LogP contribution in [0.2, 0.25) is 5.02 Å². The SMILES string of the molecule is C=CCN(C(=O)C1N([C@@H](CO)[C@@H](C)CC)C(=O)[C@@H]2[C@H](C(=O)OCC)[C@]3(C)CCC12O3)c1c(C)cccc1Cl. The van der Waals surface area contributed by atoms with Crippen LogP contribution in [0.15, 0.2) is 30.9 Å². The number of likely N-dealkylation sites (tertiary alicyclic amines) is 1. The highest BCUT2D eigenvalue weighted by Gasteiger charge is 2.79. The molecule has 3 aliphatic heterocycles. The van der Waals surface area contributed by atoms with Gasteiger partial charge in [-0.1, -0.05) is 50.1 Å². The molecule has 4 rings (SSSR count). The molecular formula is C29H39ClN2O6. The quantitative estimate of drug-likeness (QED) is 0.353. The fraction of sp³-hybridized carbons (Fsp3) is 0.621. The fourth-order valence-electron chi connectivity index (χ4n) is 6.94. The zero-order valence-electron chi connectivity index (χ0n) is 22.9. The number of para-hydroxylation sites is 1. The highest BCUT2D eigenvalue weighted by atomic mass is 35.5. The Hall–Kier alpha value is -2.42. The number of anilines is 1. The zero-order valence-corrected chi connectivity index (χ0v) is 23.7. The lowest BCUT2D eigenvalue weighted by atomic mass is 9.66. The molecule has 0 aliphatic carbocycles. The maximum Gasteiger partial charge on any atom is 0.312 e. The van der Waals surface area contributed by atoms with E-state index in [2.05, 4.69) is 6.58 Å². The number of aliphatic hydroxyl groups excluding tert-OH is 1. The zero-order chi connectivity index (χ0) is 28.0. The van der Waals surface area contributed by atoms with Crippen molar-refractivity contribution < 1.29 is 29.0 Å². The maximum atomic E-state index is 14.7. The number of carbonyl (C=O) groups excluding carboxylic acids is 3. The van der Waals surface area contributed by atoms with Crippen LogP contribution in [-0.4, -0.2) is 70.8 Å². The summed E-state index contributed by atoms with van der Waals surface area (Å²) in [6, 6.07) is 3.72. The molecule has 0 aromatic heterocycles. The molecule has 1 spiro atoms. The van der Waals surface area contributed by atoms with E-state index in [0.717, 1.165) is 5.56 Å². The van der Waals surface area contributed by atoms with Gasteiger partial charge in [0.1, 0.15) is 17.6 Å². The van der Waals surface area contributed by atoms with Crippen molar-refractivity contribution in [3.63, 3.8) is 0 Å². The van der Waals surface area contributed by atoms with E-state index in [9.17, 15) is 19.5 Å². The van der Waals surface area contributed by atoms with Gasteiger partial charge in [-0.3, -0.25) is 14.4 Å². The molecule has 2 bridgehead atoms. The topological polar surface area (TPSA) is 96.4 Å². The predicted molar refractivity (Wildman–Crippen MR) is 145 cm³/mol. The van der Waals surface area contributed by atoms with E-state index in [0.29, 0.717) is 30.0 Å². The summed E-state index contributed by atoms with van der Waals surface area (Å²) >= 11 is 6.61. The van der Waals surface area contributed by atoms with Crippen molar-refractivity contribution in [3.05, 3.63) is 41.4 Å². The van der Waals surface area contributed by atoms with E-state index in [1.807, 2.05) is 39.8 Å². The van der Waals surface area contributed by atoms with Crippen molar-refractivity contribution in [2.24, 2.45) is 17.8 Å². The second kappa shape index (κ2) is 10.6. The van der Waals surface area contributed by atoms with Gasteiger partial charge in [0.05, 0.1) is 41.5 Å². The lowest BCUT2D eigenvalue weighted by molar-refractivity contribution is -0.160. The summed E-state index contributed by atoms with van der Waals surface area (Å²) in [7, 11) is 0. The van der Waals surface area contributed by atoms with Crippen LogP contribution in [0.5, 0.6) is 0 Å². The van der Waals surface area contributed by atoms with Gasteiger partial charge in [-0.2, -0.15) is 0 Å². The van der Waals surface area contributed by atoms with E-state index < -0.39 is 41.1 Å². The van der Waals surface area contributed by atoms with Gasteiger partial charge < -0.3 is 24.4 Å². The van der Waals surface area contributed by atoms with Gasteiger partial charge in [-0.15, -0.1) is 6.58 Å². The molecule has 208 valence electrons. The Kier molecular flexibility index (Phi) is 7.99. The fourth-order valence-corrected chi connectivity index (χ4v) is 7.26. The molecule has 3 heterocycles. The Morgan fingerprint density at radius 2 is 2.08 bits per heavy atom. The minimum Gasteiger partial charge on any atom is -0.466 e. The molecule has 0 saturated carbocycles. The standard InChI is InChI=1S/C29H39ClN2O6/c1-7-15-31(23-18(5)11-10-12-19(23)30)26(35)24-29-14-13-28(6,38-29)22(27(36)37-9-3)21(29)25(34)32(24)20(16-33)17(4)8-2/h7,10-12,17,20-22,24,33H,1,8-9,13-16H2,2-6H3/t17-,20-,21-,22+,24?,28-,29?/m0/s1. The number of fused-ring (bicyclic) bond motifs is 1. The molecule has 0 radical (unpaired) electrons. The van der Waals surface area contributed by atoms with E-state index in [1.54, 1.807) is 24.0 Å². The Labute approximate surface area is 229 Å². The molecule has 38 heavy (non-hydrogen) atoms. The third-order valence-electron chi connectivity index (χ3n) is 8.87. The number of esters is 1. The summed E-state index contributed by atoms with van der Waals surface area (Å²) in [4.78, 5) is 45.3. The summed E-state index contributed by atoms with van der Waals surface area (Å²) in [5.41, 5.74) is -0.816. The van der Waals surface area contributed by atoms with E-state index in [4.69, 9.17) is 21.1 Å². The number of nitrogens with zero attached hydrogens (tertiary/aromatic N) is 2. The first-order valence-corrected chi connectivity index (χ1v) is 13.9. The smallest absolute Gasteiger partial charge is 0.312 e. The van der Waals surface area contributed by atoms with Crippen LogP contribution in [0.3, 0.4) is 0 Å². The minimum atomic E-state index is -1.23. The molecule has 7 atom stereocenters. The number of rotatable bonds is 10. The molecule has 1 N–H and O–H groups in total. The molecule has 2 amide bonds. The number of aryl methyl sites for hydroxylation is 1. The minimum absolute atomic E-state index is 0.0989. The van der Waals surface area contributed by atoms with E-state index in [1.165, 1.54) is 4.90 Å². The molecule has 3 fully saturated rings. The summed E-state index contributed by atoms with van der Waals surface area (Å²) in [6.07, 6.45) is 3.25. The number of benzene rings is 1. The summed E-state index contributed by atoms with van der Waals surface area (Å²) in [5.74, 6) is -3.03.